The van der Waals surface area contributed by atoms with E-state index in [1.165, 1.54) is 6.07 Å². The number of ether oxygens (including phenoxy) is 1. The van der Waals surface area contributed by atoms with Gasteiger partial charge in [-0.05, 0) is 74.6 Å². The maximum atomic E-state index is 13.0. The topological polar surface area (TPSA) is 105 Å². The van der Waals surface area contributed by atoms with E-state index in [9.17, 15) is 27.6 Å². The molecule has 0 aromatic heterocycles. The van der Waals surface area contributed by atoms with Crippen LogP contribution in [0.4, 0.5) is 13.2 Å². The molecule has 1 aliphatic rings. The molecule has 0 bridgehead atoms. The summed E-state index contributed by atoms with van der Waals surface area (Å²) in [4.78, 5) is 35.8. The van der Waals surface area contributed by atoms with Gasteiger partial charge in [0.05, 0.1) is 22.6 Å². The van der Waals surface area contributed by atoms with Crippen LogP contribution in [-0.2, 0) is 11.0 Å². The van der Waals surface area contributed by atoms with Crippen LogP contribution >= 0.6 is 11.6 Å². The molecule has 1 aliphatic carbocycles. The fraction of sp³-hybridized carbons (Fsp3) is 0.400. The molecule has 1 fully saturated rings. The zero-order chi connectivity index (χ0) is 26.5. The minimum atomic E-state index is -4.68. The van der Waals surface area contributed by atoms with E-state index in [0.717, 1.165) is 6.07 Å². The third-order valence-electron chi connectivity index (χ3n) is 6.00. The van der Waals surface area contributed by atoms with Crippen LogP contribution in [0, 0.1) is 12.8 Å². The Morgan fingerprint density at radius 3 is 2.22 bits per heavy atom. The van der Waals surface area contributed by atoms with Crippen LogP contribution in [0.25, 0.3) is 0 Å². The van der Waals surface area contributed by atoms with Crippen molar-refractivity contribution < 1.29 is 37.4 Å². The summed E-state index contributed by atoms with van der Waals surface area (Å²) in [5, 5.41) is 13.7. The first-order valence-electron chi connectivity index (χ1n) is 11.4. The van der Waals surface area contributed by atoms with Crippen LogP contribution in [0.3, 0.4) is 0 Å². The standard InChI is InChI=1S/C25H26ClF3N2O5/c1-14-12-18(36-17-5-2-15(3-6-17)24(34)35)7-8-19(14)23(33)31-11-10-30-22(32)16-4-9-21(26)20(13-16)25(27,28)29/h4,7-9,12-13,15,17H,2-3,5-6,10-11H2,1H3,(H,30,32)(H,31,33)(H,34,35). The number of nitrogens with one attached hydrogen (secondary N) is 2. The number of aliphatic carboxylic acids is 1. The van der Waals surface area contributed by atoms with Crippen molar-refractivity contribution in [3.8, 4) is 5.75 Å². The third kappa shape index (κ3) is 7.13. The van der Waals surface area contributed by atoms with E-state index in [2.05, 4.69) is 10.6 Å². The average molecular weight is 527 g/mol. The zero-order valence-corrected chi connectivity index (χ0v) is 20.2. The largest absolute Gasteiger partial charge is 0.490 e. The summed E-state index contributed by atoms with van der Waals surface area (Å²) in [7, 11) is 0. The second-order valence-corrected chi connectivity index (χ2v) is 9.02. The summed E-state index contributed by atoms with van der Waals surface area (Å²) in [5.74, 6) is -1.61. The fourth-order valence-corrected chi connectivity index (χ4v) is 4.24. The number of aryl methyl sites for hydroxylation is 1. The van der Waals surface area contributed by atoms with Crippen molar-refractivity contribution >= 4 is 29.4 Å². The lowest BCUT2D eigenvalue weighted by atomic mass is 9.87. The fourth-order valence-electron chi connectivity index (χ4n) is 4.02. The molecule has 36 heavy (non-hydrogen) atoms. The minimum absolute atomic E-state index is 0.00775. The number of carbonyl (C=O) groups is 3. The molecule has 2 aromatic carbocycles. The van der Waals surface area contributed by atoms with Crippen molar-refractivity contribution in [2.45, 2.75) is 44.9 Å². The smallest absolute Gasteiger partial charge is 0.417 e. The number of hydrogen-bond donors (Lipinski definition) is 3. The summed E-state index contributed by atoms with van der Waals surface area (Å²) in [6, 6.07) is 7.91. The molecule has 0 saturated heterocycles. The van der Waals surface area contributed by atoms with E-state index in [0.29, 0.717) is 48.6 Å². The Hall–Kier alpha value is -3.27. The van der Waals surface area contributed by atoms with Gasteiger partial charge in [-0.15, -0.1) is 0 Å². The first kappa shape index (κ1) is 27.3. The molecule has 0 unspecified atom stereocenters. The maximum absolute atomic E-state index is 13.0. The number of rotatable bonds is 8. The Morgan fingerprint density at radius 2 is 1.64 bits per heavy atom. The first-order valence-corrected chi connectivity index (χ1v) is 11.8. The van der Waals surface area contributed by atoms with Gasteiger partial charge in [0.25, 0.3) is 11.8 Å². The van der Waals surface area contributed by atoms with Crippen LogP contribution < -0.4 is 15.4 Å². The SMILES string of the molecule is Cc1cc(OC2CCC(C(=O)O)CC2)ccc1C(=O)NCCNC(=O)c1ccc(Cl)c(C(F)(F)F)c1. The van der Waals surface area contributed by atoms with Crippen molar-refractivity contribution in [2.75, 3.05) is 13.1 Å². The number of hydrogen-bond acceptors (Lipinski definition) is 4. The minimum Gasteiger partial charge on any atom is -0.490 e. The number of amides is 2. The number of alkyl halides is 3. The van der Waals surface area contributed by atoms with E-state index in [1.807, 2.05) is 0 Å². The van der Waals surface area contributed by atoms with Gasteiger partial charge in [0, 0.05) is 24.2 Å². The van der Waals surface area contributed by atoms with Crippen LogP contribution in [0.1, 0.15) is 57.5 Å². The Morgan fingerprint density at radius 1 is 1.00 bits per heavy atom. The van der Waals surface area contributed by atoms with Gasteiger partial charge < -0.3 is 20.5 Å². The van der Waals surface area contributed by atoms with Crippen molar-refractivity contribution in [1.29, 1.82) is 0 Å². The molecule has 3 N–H and O–H groups in total. The summed E-state index contributed by atoms with van der Waals surface area (Å²) < 4.78 is 44.9. The van der Waals surface area contributed by atoms with E-state index in [1.54, 1.807) is 25.1 Å². The summed E-state index contributed by atoms with van der Waals surface area (Å²) in [5.41, 5.74) is -0.202. The maximum Gasteiger partial charge on any atom is 0.417 e. The van der Waals surface area contributed by atoms with Crippen LogP contribution in [-0.4, -0.2) is 42.1 Å². The highest BCUT2D eigenvalue weighted by Gasteiger charge is 2.34. The van der Waals surface area contributed by atoms with Crippen LogP contribution in [0.2, 0.25) is 5.02 Å². The Labute approximate surface area is 211 Å². The van der Waals surface area contributed by atoms with Gasteiger partial charge in [-0.25, -0.2) is 0 Å². The highest BCUT2D eigenvalue weighted by molar-refractivity contribution is 6.31. The van der Waals surface area contributed by atoms with E-state index in [-0.39, 0.29) is 36.6 Å². The number of carbonyl (C=O) groups excluding carboxylic acids is 2. The lowest BCUT2D eigenvalue weighted by Gasteiger charge is -2.27. The Bertz CT molecular complexity index is 1130. The van der Waals surface area contributed by atoms with Crippen molar-refractivity contribution in [2.24, 2.45) is 5.92 Å². The van der Waals surface area contributed by atoms with Crippen molar-refractivity contribution in [1.82, 2.24) is 10.6 Å². The number of halogens is 4. The third-order valence-corrected chi connectivity index (χ3v) is 6.33. The molecule has 0 aliphatic heterocycles. The molecule has 1 saturated carbocycles. The molecule has 11 heteroatoms. The summed E-state index contributed by atoms with van der Waals surface area (Å²) >= 11 is 5.57. The second-order valence-electron chi connectivity index (χ2n) is 8.61. The molecule has 2 amide bonds. The normalized spacial score (nSPS) is 17.8. The number of benzene rings is 2. The Kier molecular flexibility index (Phi) is 8.84. The molecular weight excluding hydrogens is 501 g/mol. The van der Waals surface area contributed by atoms with Crippen LogP contribution in [0.5, 0.6) is 5.75 Å². The zero-order valence-electron chi connectivity index (χ0n) is 19.5. The van der Waals surface area contributed by atoms with Gasteiger partial charge in [0.2, 0.25) is 0 Å². The quantitative estimate of drug-likeness (QED) is 0.427. The molecule has 7 nitrogen and oxygen atoms in total. The van der Waals surface area contributed by atoms with Gasteiger partial charge in [0.15, 0.2) is 0 Å². The molecule has 0 atom stereocenters. The summed E-state index contributed by atoms with van der Waals surface area (Å²) in [6.45, 7) is 1.83. The van der Waals surface area contributed by atoms with Gasteiger partial charge >= 0.3 is 12.1 Å². The van der Waals surface area contributed by atoms with Gasteiger partial charge in [-0.2, -0.15) is 13.2 Å². The highest BCUT2D eigenvalue weighted by Crippen LogP contribution is 2.35. The number of carboxylic acids is 1. The van der Waals surface area contributed by atoms with Gasteiger partial charge in [-0.1, -0.05) is 11.6 Å². The number of carboxylic acid groups (broad SMARTS) is 1. The lowest BCUT2D eigenvalue weighted by molar-refractivity contribution is -0.143. The molecular formula is C25H26ClF3N2O5. The Balaban J connectivity index is 1.47. The first-order chi connectivity index (χ1) is 17.0. The molecule has 3 rings (SSSR count). The lowest BCUT2D eigenvalue weighted by Crippen LogP contribution is -2.35. The summed E-state index contributed by atoms with van der Waals surface area (Å²) in [6.07, 6.45) is -2.32. The average Bonchev–Trinajstić information content (AvgIpc) is 2.81. The predicted molar refractivity (Wildman–Crippen MR) is 126 cm³/mol. The monoisotopic (exact) mass is 526 g/mol. The van der Waals surface area contributed by atoms with Gasteiger partial charge in [0.1, 0.15) is 5.75 Å². The highest BCUT2D eigenvalue weighted by atomic mass is 35.5. The molecule has 0 radical (unpaired) electrons. The van der Waals surface area contributed by atoms with Gasteiger partial charge in [-0.3, -0.25) is 14.4 Å². The van der Waals surface area contributed by atoms with E-state index in [4.69, 9.17) is 21.4 Å². The van der Waals surface area contributed by atoms with Crippen molar-refractivity contribution in [3.63, 3.8) is 0 Å². The molecule has 194 valence electrons. The molecule has 2 aromatic rings. The molecule has 0 spiro atoms. The van der Waals surface area contributed by atoms with Crippen molar-refractivity contribution in [3.05, 3.63) is 63.7 Å². The predicted octanol–water partition coefficient (Wildman–Crippen LogP) is 4.85. The second kappa shape index (κ2) is 11.6. The molecule has 0 heterocycles. The van der Waals surface area contributed by atoms with E-state index >= 15 is 0 Å². The van der Waals surface area contributed by atoms with Crippen LogP contribution in [0.15, 0.2) is 36.4 Å². The van der Waals surface area contributed by atoms with E-state index < -0.39 is 28.6 Å².